The summed E-state index contributed by atoms with van der Waals surface area (Å²) in [4.78, 5) is 0. The molecule has 1 aromatic carbocycles. The quantitative estimate of drug-likeness (QED) is 0.746. The molecule has 0 unspecified atom stereocenters. The molecule has 1 aliphatic rings. The summed E-state index contributed by atoms with van der Waals surface area (Å²) in [6, 6.07) is 8.96. The van der Waals surface area contributed by atoms with E-state index in [1.165, 1.54) is 31.2 Å². The summed E-state index contributed by atoms with van der Waals surface area (Å²) >= 11 is 2.01. The van der Waals surface area contributed by atoms with Crippen molar-refractivity contribution in [2.75, 3.05) is 12.8 Å². The van der Waals surface area contributed by atoms with Crippen molar-refractivity contribution >= 4 is 11.8 Å². The van der Waals surface area contributed by atoms with Crippen molar-refractivity contribution in [2.24, 2.45) is 0 Å². The van der Waals surface area contributed by atoms with Gasteiger partial charge in [0, 0.05) is 17.8 Å². The molecule has 1 nitrogen and oxygen atoms in total. The maximum atomic E-state index is 3.70. The van der Waals surface area contributed by atoms with Crippen LogP contribution >= 0.6 is 11.8 Å². The second-order valence-corrected chi connectivity index (χ2v) is 6.95. The Labute approximate surface area is 122 Å². The molecular weight excluding hydrogens is 250 g/mol. The summed E-state index contributed by atoms with van der Waals surface area (Å²) in [7, 11) is 0. The maximum Gasteiger partial charge on any atom is 0.0276 e. The van der Waals surface area contributed by atoms with E-state index < -0.39 is 0 Å². The van der Waals surface area contributed by atoms with Crippen LogP contribution in [0.5, 0.6) is 0 Å². The highest BCUT2D eigenvalue weighted by Gasteiger charge is 2.26. The van der Waals surface area contributed by atoms with Crippen LogP contribution in [-0.2, 0) is 6.54 Å². The lowest BCUT2D eigenvalue weighted by Gasteiger charge is -2.30. The fraction of sp³-hybridized carbons (Fsp3) is 0.647. The smallest absolute Gasteiger partial charge is 0.0276 e. The van der Waals surface area contributed by atoms with Gasteiger partial charge in [-0.05, 0) is 49.0 Å². The van der Waals surface area contributed by atoms with E-state index in [1.807, 2.05) is 11.8 Å². The zero-order valence-corrected chi connectivity index (χ0v) is 13.4. The Morgan fingerprint density at radius 2 is 1.89 bits per heavy atom. The third kappa shape index (κ3) is 3.76. The molecule has 1 saturated carbocycles. The van der Waals surface area contributed by atoms with Gasteiger partial charge in [0.1, 0.15) is 0 Å². The highest BCUT2D eigenvalue weighted by molar-refractivity contribution is 8.00. The number of hydrogen-bond acceptors (Lipinski definition) is 2. The van der Waals surface area contributed by atoms with Gasteiger partial charge >= 0.3 is 0 Å². The summed E-state index contributed by atoms with van der Waals surface area (Å²) < 4.78 is 0.411. The molecule has 0 amide bonds. The maximum absolute atomic E-state index is 3.70. The van der Waals surface area contributed by atoms with Crippen LogP contribution in [-0.4, -0.2) is 17.5 Å². The fourth-order valence-corrected chi connectivity index (χ4v) is 3.60. The van der Waals surface area contributed by atoms with E-state index >= 15 is 0 Å². The molecule has 0 heterocycles. The van der Waals surface area contributed by atoms with Crippen LogP contribution in [0.25, 0.3) is 0 Å². The van der Waals surface area contributed by atoms with Gasteiger partial charge in [-0.3, -0.25) is 0 Å². The van der Waals surface area contributed by atoms with Crippen molar-refractivity contribution in [3.8, 4) is 0 Å². The zero-order chi connectivity index (χ0) is 13.7. The molecule has 1 fully saturated rings. The molecule has 19 heavy (non-hydrogen) atoms. The third-order valence-electron chi connectivity index (χ3n) is 4.56. The van der Waals surface area contributed by atoms with Crippen LogP contribution in [0.3, 0.4) is 0 Å². The molecule has 2 heteroatoms. The second kappa shape index (κ2) is 6.81. The summed E-state index contributed by atoms with van der Waals surface area (Å²) in [5.74, 6) is 0.848. The van der Waals surface area contributed by atoms with Crippen molar-refractivity contribution < 1.29 is 0 Å². The van der Waals surface area contributed by atoms with E-state index in [-0.39, 0.29) is 0 Å². The van der Waals surface area contributed by atoms with Gasteiger partial charge in [0.15, 0.2) is 0 Å². The first kappa shape index (κ1) is 14.9. The Morgan fingerprint density at radius 1 is 1.21 bits per heavy atom. The van der Waals surface area contributed by atoms with Gasteiger partial charge in [0.2, 0.25) is 0 Å². The highest BCUT2D eigenvalue weighted by Crippen LogP contribution is 2.41. The summed E-state index contributed by atoms with van der Waals surface area (Å²) in [6.07, 6.45) is 7.49. The molecule has 0 aliphatic heterocycles. The van der Waals surface area contributed by atoms with E-state index in [1.54, 1.807) is 5.56 Å². The lowest BCUT2D eigenvalue weighted by molar-refractivity contribution is 0.494. The summed E-state index contributed by atoms with van der Waals surface area (Å²) in [5, 5.41) is 3.70. The van der Waals surface area contributed by atoms with Gasteiger partial charge in [0.05, 0.1) is 0 Å². The van der Waals surface area contributed by atoms with Gasteiger partial charge in [0.25, 0.3) is 0 Å². The van der Waals surface area contributed by atoms with Gasteiger partial charge in [-0.15, -0.1) is 0 Å². The third-order valence-corrected chi connectivity index (χ3v) is 6.14. The SMILES string of the molecule is CCC(CC)(CNCc1ccccc1C1CC1)SC. The van der Waals surface area contributed by atoms with Crippen LogP contribution in [0.2, 0.25) is 0 Å². The first-order valence-corrected chi connectivity index (χ1v) is 8.81. The number of thioether (sulfide) groups is 1. The molecule has 0 spiro atoms. The van der Waals surface area contributed by atoms with Crippen LogP contribution in [0, 0.1) is 0 Å². The molecule has 1 N–H and O–H groups in total. The molecule has 2 rings (SSSR count). The molecule has 0 radical (unpaired) electrons. The minimum Gasteiger partial charge on any atom is -0.311 e. The number of rotatable bonds is 8. The molecular formula is C17H27NS. The van der Waals surface area contributed by atoms with E-state index in [0.29, 0.717) is 4.75 Å². The van der Waals surface area contributed by atoms with Gasteiger partial charge in [-0.2, -0.15) is 11.8 Å². The molecule has 106 valence electrons. The molecule has 1 aromatic rings. The van der Waals surface area contributed by atoms with Crippen molar-refractivity contribution in [1.82, 2.24) is 5.32 Å². The van der Waals surface area contributed by atoms with Gasteiger partial charge in [-0.1, -0.05) is 38.1 Å². The predicted molar refractivity (Wildman–Crippen MR) is 87.0 cm³/mol. The molecule has 0 aromatic heterocycles. The average molecular weight is 277 g/mol. The Kier molecular flexibility index (Phi) is 5.35. The fourth-order valence-electron chi connectivity index (χ4n) is 2.77. The van der Waals surface area contributed by atoms with Crippen molar-refractivity contribution in [2.45, 2.75) is 56.7 Å². The van der Waals surface area contributed by atoms with E-state index in [4.69, 9.17) is 0 Å². The minimum atomic E-state index is 0.411. The number of benzene rings is 1. The molecule has 1 aliphatic carbocycles. The first-order valence-electron chi connectivity index (χ1n) is 7.58. The zero-order valence-electron chi connectivity index (χ0n) is 12.5. The van der Waals surface area contributed by atoms with Crippen LogP contribution < -0.4 is 5.32 Å². The predicted octanol–water partition coefficient (Wildman–Crippen LogP) is 4.58. The van der Waals surface area contributed by atoms with Crippen molar-refractivity contribution in [1.29, 1.82) is 0 Å². The topological polar surface area (TPSA) is 12.0 Å². The standard InChI is InChI=1S/C17H27NS/c1-4-17(5-2,19-3)13-18-12-15-8-6-7-9-16(15)14-10-11-14/h6-9,14,18H,4-5,10-13H2,1-3H3. The molecule has 0 saturated heterocycles. The van der Waals surface area contributed by atoms with Crippen LogP contribution in [0.4, 0.5) is 0 Å². The largest absolute Gasteiger partial charge is 0.311 e. The minimum absolute atomic E-state index is 0.411. The number of nitrogens with one attached hydrogen (secondary N) is 1. The van der Waals surface area contributed by atoms with E-state index in [9.17, 15) is 0 Å². The summed E-state index contributed by atoms with van der Waals surface area (Å²) in [5.41, 5.74) is 3.09. The van der Waals surface area contributed by atoms with E-state index in [0.717, 1.165) is 19.0 Å². The van der Waals surface area contributed by atoms with Gasteiger partial charge in [-0.25, -0.2) is 0 Å². The number of hydrogen-bond donors (Lipinski definition) is 1. The Morgan fingerprint density at radius 3 is 2.47 bits per heavy atom. The summed E-state index contributed by atoms with van der Waals surface area (Å²) in [6.45, 7) is 6.74. The Balaban J connectivity index is 1.92. The van der Waals surface area contributed by atoms with E-state index in [2.05, 4.69) is 49.7 Å². The Hall–Kier alpha value is -0.470. The molecule has 0 atom stereocenters. The van der Waals surface area contributed by atoms with Crippen LogP contribution in [0.15, 0.2) is 24.3 Å². The average Bonchev–Trinajstić information content (AvgIpc) is 3.29. The highest BCUT2D eigenvalue weighted by atomic mass is 32.2. The monoisotopic (exact) mass is 277 g/mol. The van der Waals surface area contributed by atoms with Crippen LogP contribution in [0.1, 0.15) is 56.6 Å². The lowest BCUT2D eigenvalue weighted by atomic mass is 10.0. The lowest BCUT2D eigenvalue weighted by Crippen LogP contribution is -2.36. The van der Waals surface area contributed by atoms with Crippen molar-refractivity contribution in [3.63, 3.8) is 0 Å². The molecule has 0 bridgehead atoms. The normalized spacial score (nSPS) is 15.7. The second-order valence-electron chi connectivity index (χ2n) is 5.67. The van der Waals surface area contributed by atoms with Crippen molar-refractivity contribution in [3.05, 3.63) is 35.4 Å². The van der Waals surface area contributed by atoms with Gasteiger partial charge < -0.3 is 5.32 Å². The Bertz CT molecular complexity index is 386. The first-order chi connectivity index (χ1) is 9.24.